The molecule has 1 aromatic carbocycles. The summed E-state index contributed by atoms with van der Waals surface area (Å²) < 4.78 is 26.6. The molecule has 0 aliphatic carbocycles. The molecule has 0 saturated carbocycles. The lowest BCUT2D eigenvalue weighted by Crippen LogP contribution is -2.19. The maximum Gasteiger partial charge on any atom is 0.275 e. The minimum atomic E-state index is -0.851. The number of halogens is 2. The molecule has 0 aliphatic rings. The summed E-state index contributed by atoms with van der Waals surface area (Å²) in [4.78, 5) is 15.3. The van der Waals surface area contributed by atoms with Gasteiger partial charge in [0.25, 0.3) is 5.91 Å². The minimum Gasteiger partial charge on any atom is -0.288 e. The largest absolute Gasteiger partial charge is 0.288 e. The van der Waals surface area contributed by atoms with E-state index < -0.39 is 17.5 Å². The van der Waals surface area contributed by atoms with Crippen molar-refractivity contribution in [3.63, 3.8) is 0 Å². The minimum absolute atomic E-state index is 0.0136. The van der Waals surface area contributed by atoms with E-state index in [1.165, 1.54) is 11.5 Å². The number of nitrogens with one attached hydrogen (secondary N) is 1. The number of pyridine rings is 1. The maximum absolute atomic E-state index is 13.5. The Morgan fingerprint density at radius 3 is 2.71 bits per heavy atom. The molecule has 1 amide bonds. The number of aromatic nitrogens is 1. The third kappa shape index (κ3) is 1.94. The molecular formula is C11H8F2N2O2. The molecule has 0 aliphatic heterocycles. The SMILES string of the molecule is Cc1cc(C(=O)NO)c2cc(F)cc(F)c2n1. The predicted octanol–water partition coefficient (Wildman–Crippen LogP) is 1.94. The van der Waals surface area contributed by atoms with Gasteiger partial charge in [0.15, 0.2) is 5.82 Å². The van der Waals surface area contributed by atoms with Gasteiger partial charge >= 0.3 is 0 Å². The Morgan fingerprint density at radius 2 is 2.06 bits per heavy atom. The fourth-order valence-electron chi connectivity index (χ4n) is 1.63. The van der Waals surface area contributed by atoms with Crippen molar-refractivity contribution >= 4 is 16.8 Å². The molecule has 2 rings (SSSR count). The Hall–Kier alpha value is -2.08. The van der Waals surface area contributed by atoms with Crippen LogP contribution in [0.2, 0.25) is 0 Å². The molecule has 0 bridgehead atoms. The van der Waals surface area contributed by atoms with Crippen LogP contribution in [0, 0.1) is 18.6 Å². The average Bonchev–Trinajstić information content (AvgIpc) is 2.28. The zero-order valence-electron chi connectivity index (χ0n) is 8.79. The number of rotatable bonds is 1. The molecule has 2 N–H and O–H groups in total. The highest BCUT2D eigenvalue weighted by Crippen LogP contribution is 2.22. The van der Waals surface area contributed by atoms with Gasteiger partial charge in [-0.05, 0) is 19.1 Å². The zero-order valence-corrected chi connectivity index (χ0v) is 8.79. The lowest BCUT2D eigenvalue weighted by molar-refractivity contribution is 0.0708. The smallest absolute Gasteiger partial charge is 0.275 e. The van der Waals surface area contributed by atoms with Gasteiger partial charge in [-0.1, -0.05) is 0 Å². The van der Waals surface area contributed by atoms with E-state index in [4.69, 9.17) is 5.21 Å². The van der Waals surface area contributed by atoms with Crippen LogP contribution in [-0.4, -0.2) is 16.1 Å². The Bertz CT molecular complexity index is 614. The molecule has 88 valence electrons. The maximum atomic E-state index is 13.5. The number of amides is 1. The highest BCUT2D eigenvalue weighted by Gasteiger charge is 2.15. The average molecular weight is 238 g/mol. The number of carbonyl (C=O) groups excluding carboxylic acids is 1. The van der Waals surface area contributed by atoms with Crippen molar-refractivity contribution in [1.82, 2.24) is 10.5 Å². The number of nitrogens with zero attached hydrogens (tertiary/aromatic N) is 1. The number of hydrogen-bond donors (Lipinski definition) is 2. The van der Waals surface area contributed by atoms with Gasteiger partial charge < -0.3 is 0 Å². The lowest BCUT2D eigenvalue weighted by atomic mass is 10.1. The summed E-state index contributed by atoms with van der Waals surface area (Å²) >= 11 is 0. The molecule has 17 heavy (non-hydrogen) atoms. The molecule has 0 saturated heterocycles. The van der Waals surface area contributed by atoms with Crippen LogP contribution in [0.4, 0.5) is 8.78 Å². The van der Waals surface area contributed by atoms with Crippen molar-refractivity contribution in [2.45, 2.75) is 6.92 Å². The summed E-state index contributed by atoms with van der Waals surface area (Å²) in [5.41, 5.74) is 1.68. The number of hydrogen-bond acceptors (Lipinski definition) is 3. The fraction of sp³-hybridized carbons (Fsp3) is 0.0909. The first-order valence-electron chi connectivity index (χ1n) is 4.73. The van der Waals surface area contributed by atoms with Crippen LogP contribution in [-0.2, 0) is 0 Å². The van der Waals surface area contributed by atoms with E-state index in [0.29, 0.717) is 11.8 Å². The van der Waals surface area contributed by atoms with Crippen molar-refractivity contribution in [3.8, 4) is 0 Å². The quantitative estimate of drug-likeness (QED) is 0.589. The first kappa shape index (κ1) is 11.4. The highest BCUT2D eigenvalue weighted by molar-refractivity contribution is 6.05. The lowest BCUT2D eigenvalue weighted by Gasteiger charge is -2.07. The first-order valence-corrected chi connectivity index (χ1v) is 4.73. The van der Waals surface area contributed by atoms with Crippen molar-refractivity contribution in [2.75, 3.05) is 0 Å². The van der Waals surface area contributed by atoms with Crippen molar-refractivity contribution in [2.24, 2.45) is 0 Å². The van der Waals surface area contributed by atoms with Crippen LogP contribution >= 0.6 is 0 Å². The molecule has 4 nitrogen and oxygen atoms in total. The molecule has 0 atom stereocenters. The van der Waals surface area contributed by atoms with Crippen molar-refractivity contribution in [3.05, 3.63) is 41.1 Å². The number of benzene rings is 1. The van der Waals surface area contributed by atoms with Crippen molar-refractivity contribution < 1.29 is 18.8 Å². The molecule has 0 radical (unpaired) electrons. The van der Waals surface area contributed by atoms with Gasteiger partial charge in [0, 0.05) is 17.1 Å². The van der Waals surface area contributed by atoms with Crippen LogP contribution in [0.25, 0.3) is 10.9 Å². The predicted molar refractivity (Wildman–Crippen MR) is 55.6 cm³/mol. The fourth-order valence-corrected chi connectivity index (χ4v) is 1.63. The Labute approximate surface area is 94.9 Å². The van der Waals surface area contributed by atoms with Crippen molar-refractivity contribution in [1.29, 1.82) is 0 Å². The molecule has 0 fully saturated rings. The first-order chi connectivity index (χ1) is 8.02. The molecule has 6 heteroatoms. The number of fused-ring (bicyclic) bond motifs is 1. The molecule has 0 unspecified atom stereocenters. The monoisotopic (exact) mass is 238 g/mol. The van der Waals surface area contributed by atoms with E-state index in [-0.39, 0.29) is 16.5 Å². The second-order valence-corrected chi connectivity index (χ2v) is 3.54. The van der Waals surface area contributed by atoms with Crippen LogP contribution in [0.3, 0.4) is 0 Å². The summed E-state index contributed by atoms with van der Waals surface area (Å²) in [6.45, 7) is 1.57. The number of hydroxylamine groups is 1. The van der Waals surface area contributed by atoms with E-state index in [0.717, 1.165) is 6.07 Å². The number of aryl methyl sites for hydroxylation is 1. The van der Waals surface area contributed by atoms with Crippen LogP contribution < -0.4 is 5.48 Å². The summed E-state index contributed by atoms with van der Waals surface area (Å²) in [7, 11) is 0. The van der Waals surface area contributed by atoms with E-state index >= 15 is 0 Å². The third-order valence-electron chi connectivity index (χ3n) is 2.31. The summed E-state index contributed by atoms with van der Waals surface area (Å²) in [6, 6.07) is 3.03. The molecule has 1 aromatic heterocycles. The van der Waals surface area contributed by atoms with Crippen LogP contribution in [0.1, 0.15) is 16.1 Å². The second kappa shape index (κ2) is 4.06. The van der Waals surface area contributed by atoms with Gasteiger partial charge in [0.2, 0.25) is 0 Å². The Kier molecular flexibility index (Phi) is 2.72. The Morgan fingerprint density at radius 1 is 1.35 bits per heavy atom. The van der Waals surface area contributed by atoms with Gasteiger partial charge in [-0.2, -0.15) is 0 Å². The second-order valence-electron chi connectivity index (χ2n) is 3.54. The normalized spacial score (nSPS) is 10.6. The van der Waals surface area contributed by atoms with Gasteiger partial charge in [-0.15, -0.1) is 0 Å². The van der Waals surface area contributed by atoms with Gasteiger partial charge in [-0.25, -0.2) is 19.2 Å². The van der Waals surface area contributed by atoms with E-state index in [1.807, 2.05) is 0 Å². The van der Waals surface area contributed by atoms with Crippen LogP contribution in [0.15, 0.2) is 18.2 Å². The summed E-state index contributed by atoms with van der Waals surface area (Å²) in [5, 5.41) is 8.58. The van der Waals surface area contributed by atoms with Crippen LogP contribution in [0.5, 0.6) is 0 Å². The number of carbonyl (C=O) groups is 1. The van der Waals surface area contributed by atoms with E-state index in [1.54, 1.807) is 6.92 Å². The summed E-state index contributed by atoms with van der Waals surface area (Å²) in [6.07, 6.45) is 0. The van der Waals surface area contributed by atoms with Gasteiger partial charge in [0.05, 0.1) is 5.56 Å². The zero-order chi connectivity index (χ0) is 12.6. The molecule has 1 heterocycles. The standard InChI is InChI=1S/C11H8F2N2O2/c1-5-2-8(11(16)15-17)7-3-6(12)4-9(13)10(7)14-5/h2-4,17H,1H3,(H,15,16). The Balaban J connectivity index is 2.87. The van der Waals surface area contributed by atoms with E-state index in [2.05, 4.69) is 4.98 Å². The topological polar surface area (TPSA) is 62.2 Å². The summed E-state index contributed by atoms with van der Waals surface area (Å²) in [5.74, 6) is -2.51. The molecular weight excluding hydrogens is 230 g/mol. The van der Waals surface area contributed by atoms with E-state index in [9.17, 15) is 13.6 Å². The third-order valence-corrected chi connectivity index (χ3v) is 2.31. The van der Waals surface area contributed by atoms with Gasteiger partial charge in [-0.3, -0.25) is 10.0 Å². The molecule has 0 spiro atoms. The highest BCUT2D eigenvalue weighted by atomic mass is 19.1. The molecule has 2 aromatic rings. The van der Waals surface area contributed by atoms with Gasteiger partial charge in [0.1, 0.15) is 11.3 Å².